The number of nitrogens with two attached hydrogens (primary N) is 1. The maximum Gasteiger partial charge on any atom is 0.142 e. The molecule has 0 bridgehead atoms. The van der Waals surface area contributed by atoms with E-state index >= 15 is 0 Å². The third kappa shape index (κ3) is 3.61. The van der Waals surface area contributed by atoms with Crippen LogP contribution in [0.15, 0.2) is 18.2 Å². The molecule has 0 aliphatic rings. The fourth-order valence-electron chi connectivity index (χ4n) is 1.29. The van der Waals surface area contributed by atoms with Gasteiger partial charge in [-0.05, 0) is 24.6 Å². The molecule has 0 radical (unpaired) electrons. The Morgan fingerprint density at radius 2 is 2.20 bits per heavy atom. The summed E-state index contributed by atoms with van der Waals surface area (Å²) in [5, 5.41) is 0.0404. The minimum absolute atomic E-state index is 0.0351. The van der Waals surface area contributed by atoms with E-state index in [0.717, 1.165) is 0 Å². The molecule has 2 N–H and O–H groups in total. The highest BCUT2D eigenvalue weighted by Crippen LogP contribution is 2.20. The van der Waals surface area contributed by atoms with E-state index in [0.29, 0.717) is 24.9 Å². The Kier molecular flexibility index (Phi) is 4.72. The SMILES string of the molecule is NCCCC(=O)Cc1cccc(F)c1Cl. The van der Waals surface area contributed by atoms with Gasteiger partial charge in [0.2, 0.25) is 0 Å². The van der Waals surface area contributed by atoms with Crippen LogP contribution in [-0.4, -0.2) is 12.3 Å². The molecule has 2 nitrogen and oxygen atoms in total. The number of Topliss-reactive ketones (excluding diaryl/α,β-unsaturated/α-hetero) is 1. The van der Waals surface area contributed by atoms with Crippen molar-refractivity contribution in [3.8, 4) is 0 Å². The van der Waals surface area contributed by atoms with Gasteiger partial charge in [-0.1, -0.05) is 23.7 Å². The molecule has 0 unspecified atom stereocenters. The van der Waals surface area contributed by atoms with Crippen molar-refractivity contribution < 1.29 is 9.18 Å². The normalized spacial score (nSPS) is 10.3. The lowest BCUT2D eigenvalue weighted by Crippen LogP contribution is -2.07. The Balaban J connectivity index is 2.64. The van der Waals surface area contributed by atoms with Crippen molar-refractivity contribution in [2.24, 2.45) is 5.73 Å². The van der Waals surface area contributed by atoms with Crippen LogP contribution in [-0.2, 0) is 11.2 Å². The Hall–Kier alpha value is -0.930. The van der Waals surface area contributed by atoms with Crippen LogP contribution < -0.4 is 5.73 Å². The number of carbonyl (C=O) groups excluding carboxylic acids is 1. The summed E-state index contributed by atoms with van der Waals surface area (Å²) >= 11 is 5.72. The van der Waals surface area contributed by atoms with Gasteiger partial charge in [0.05, 0.1) is 5.02 Å². The maximum atomic E-state index is 13.0. The molecule has 1 rings (SSSR count). The zero-order chi connectivity index (χ0) is 11.3. The lowest BCUT2D eigenvalue weighted by Gasteiger charge is -2.03. The Bertz CT molecular complexity index is 354. The van der Waals surface area contributed by atoms with Crippen LogP contribution in [0, 0.1) is 5.82 Å². The van der Waals surface area contributed by atoms with E-state index in [1.54, 1.807) is 12.1 Å². The highest BCUT2D eigenvalue weighted by atomic mass is 35.5. The second-order valence-electron chi connectivity index (χ2n) is 3.32. The van der Waals surface area contributed by atoms with Crippen molar-refractivity contribution in [1.29, 1.82) is 0 Å². The first-order valence-corrected chi connectivity index (χ1v) is 5.17. The quantitative estimate of drug-likeness (QED) is 0.842. The lowest BCUT2D eigenvalue weighted by molar-refractivity contribution is -0.118. The molecule has 0 heterocycles. The summed E-state index contributed by atoms with van der Waals surface area (Å²) in [5.74, 6) is -0.450. The monoisotopic (exact) mass is 229 g/mol. The Morgan fingerprint density at radius 1 is 1.47 bits per heavy atom. The van der Waals surface area contributed by atoms with E-state index in [1.165, 1.54) is 6.07 Å². The molecule has 0 aliphatic heterocycles. The molecule has 4 heteroatoms. The summed E-state index contributed by atoms with van der Waals surface area (Å²) < 4.78 is 13.0. The summed E-state index contributed by atoms with van der Waals surface area (Å²) in [4.78, 5) is 11.4. The maximum absolute atomic E-state index is 13.0. The third-order valence-corrected chi connectivity index (χ3v) is 2.50. The second-order valence-corrected chi connectivity index (χ2v) is 3.70. The fourth-order valence-corrected chi connectivity index (χ4v) is 1.48. The van der Waals surface area contributed by atoms with E-state index in [4.69, 9.17) is 17.3 Å². The van der Waals surface area contributed by atoms with Gasteiger partial charge < -0.3 is 5.73 Å². The molecule has 0 saturated carbocycles. The summed E-state index contributed by atoms with van der Waals surface area (Å²) in [6.07, 6.45) is 1.26. The first-order valence-electron chi connectivity index (χ1n) is 4.80. The smallest absolute Gasteiger partial charge is 0.142 e. The summed E-state index contributed by atoms with van der Waals surface area (Å²) in [6.45, 7) is 0.489. The van der Waals surface area contributed by atoms with Gasteiger partial charge in [-0.3, -0.25) is 4.79 Å². The molecule has 15 heavy (non-hydrogen) atoms. The van der Waals surface area contributed by atoms with Crippen LogP contribution in [0.1, 0.15) is 18.4 Å². The lowest BCUT2D eigenvalue weighted by atomic mass is 10.1. The first-order chi connectivity index (χ1) is 7.15. The van der Waals surface area contributed by atoms with Gasteiger partial charge in [0, 0.05) is 12.8 Å². The fraction of sp³-hybridized carbons (Fsp3) is 0.364. The average molecular weight is 230 g/mol. The predicted molar refractivity (Wildman–Crippen MR) is 58.4 cm³/mol. The molecule has 0 aromatic heterocycles. The number of ketones is 1. The van der Waals surface area contributed by atoms with Crippen molar-refractivity contribution in [3.63, 3.8) is 0 Å². The van der Waals surface area contributed by atoms with Crippen LogP contribution in [0.3, 0.4) is 0 Å². The van der Waals surface area contributed by atoms with Gasteiger partial charge >= 0.3 is 0 Å². The third-order valence-electron chi connectivity index (χ3n) is 2.08. The number of halogens is 2. The molecular formula is C11H13ClFNO. The minimum atomic E-state index is -0.485. The highest BCUT2D eigenvalue weighted by Gasteiger charge is 2.09. The zero-order valence-corrected chi connectivity index (χ0v) is 9.06. The largest absolute Gasteiger partial charge is 0.330 e. The summed E-state index contributed by atoms with van der Waals surface area (Å²) in [7, 11) is 0. The van der Waals surface area contributed by atoms with Crippen molar-refractivity contribution in [2.75, 3.05) is 6.54 Å². The molecule has 0 amide bonds. The molecule has 0 saturated heterocycles. The van der Waals surface area contributed by atoms with Gasteiger partial charge in [0.1, 0.15) is 11.6 Å². The van der Waals surface area contributed by atoms with Crippen LogP contribution in [0.2, 0.25) is 5.02 Å². The highest BCUT2D eigenvalue weighted by molar-refractivity contribution is 6.31. The van der Waals surface area contributed by atoms with E-state index in [-0.39, 0.29) is 17.2 Å². The Morgan fingerprint density at radius 3 is 2.87 bits per heavy atom. The molecule has 1 aromatic rings. The number of benzene rings is 1. The summed E-state index contributed by atoms with van der Waals surface area (Å²) in [5.41, 5.74) is 5.83. The molecule has 0 atom stereocenters. The van der Waals surface area contributed by atoms with Gasteiger partial charge in [-0.25, -0.2) is 4.39 Å². The molecule has 1 aromatic carbocycles. The van der Waals surface area contributed by atoms with Gasteiger partial charge in [0.25, 0.3) is 0 Å². The molecular weight excluding hydrogens is 217 g/mol. The van der Waals surface area contributed by atoms with E-state index < -0.39 is 5.82 Å². The number of hydrogen-bond donors (Lipinski definition) is 1. The minimum Gasteiger partial charge on any atom is -0.330 e. The van der Waals surface area contributed by atoms with Crippen LogP contribution >= 0.6 is 11.6 Å². The number of carbonyl (C=O) groups is 1. The standard InChI is InChI=1S/C11H13ClFNO/c12-11-8(3-1-5-10(11)13)7-9(15)4-2-6-14/h1,3,5H,2,4,6-7,14H2. The first kappa shape index (κ1) is 12.1. The molecule has 0 fully saturated rings. The molecule has 82 valence electrons. The topological polar surface area (TPSA) is 43.1 Å². The number of hydrogen-bond acceptors (Lipinski definition) is 2. The second kappa shape index (κ2) is 5.83. The van der Waals surface area contributed by atoms with Gasteiger partial charge in [-0.2, -0.15) is 0 Å². The Labute approximate surface area is 93.2 Å². The van der Waals surface area contributed by atoms with E-state index in [1.807, 2.05) is 0 Å². The number of rotatable bonds is 5. The predicted octanol–water partition coefficient (Wildman–Crippen LogP) is 2.33. The van der Waals surface area contributed by atoms with Crippen molar-refractivity contribution in [2.45, 2.75) is 19.3 Å². The van der Waals surface area contributed by atoms with Crippen molar-refractivity contribution in [1.82, 2.24) is 0 Å². The van der Waals surface area contributed by atoms with E-state index in [2.05, 4.69) is 0 Å². The average Bonchev–Trinajstić information content (AvgIpc) is 2.22. The van der Waals surface area contributed by atoms with Crippen LogP contribution in [0.25, 0.3) is 0 Å². The van der Waals surface area contributed by atoms with Crippen molar-refractivity contribution >= 4 is 17.4 Å². The van der Waals surface area contributed by atoms with Gasteiger partial charge in [-0.15, -0.1) is 0 Å². The molecule has 0 aliphatic carbocycles. The van der Waals surface area contributed by atoms with Crippen LogP contribution in [0.5, 0.6) is 0 Å². The van der Waals surface area contributed by atoms with E-state index in [9.17, 15) is 9.18 Å². The van der Waals surface area contributed by atoms with Crippen LogP contribution in [0.4, 0.5) is 4.39 Å². The van der Waals surface area contributed by atoms with Crippen molar-refractivity contribution in [3.05, 3.63) is 34.6 Å². The van der Waals surface area contributed by atoms with Gasteiger partial charge in [0.15, 0.2) is 0 Å². The zero-order valence-electron chi connectivity index (χ0n) is 8.30. The summed E-state index contributed by atoms with van der Waals surface area (Å²) in [6, 6.07) is 4.48. The molecule has 0 spiro atoms.